The van der Waals surface area contributed by atoms with Gasteiger partial charge in [0.2, 0.25) is 0 Å². The molecule has 1 heterocycles. The summed E-state index contributed by atoms with van der Waals surface area (Å²) in [6, 6.07) is 2.05. The Hall–Kier alpha value is -1.02. The number of aromatic nitrogens is 1. The summed E-state index contributed by atoms with van der Waals surface area (Å²) in [5.41, 5.74) is 2.15. The SMILES string of the molecule is CCn1ccc(/C=C(/C)C(C)O)c1. The molecule has 0 spiro atoms. The van der Waals surface area contributed by atoms with Crippen LogP contribution in [0.3, 0.4) is 0 Å². The van der Waals surface area contributed by atoms with Gasteiger partial charge in [-0.05, 0) is 38.0 Å². The first kappa shape index (κ1) is 10.1. The van der Waals surface area contributed by atoms with E-state index in [-0.39, 0.29) is 6.10 Å². The largest absolute Gasteiger partial charge is 0.389 e. The molecule has 0 amide bonds. The summed E-state index contributed by atoms with van der Waals surface area (Å²) in [6.45, 7) is 6.81. The van der Waals surface area contributed by atoms with Gasteiger partial charge < -0.3 is 9.67 Å². The molecule has 0 aliphatic rings. The number of hydrogen-bond acceptors (Lipinski definition) is 1. The molecule has 2 nitrogen and oxygen atoms in total. The molecular formula is C11H17NO. The van der Waals surface area contributed by atoms with Crippen LogP contribution in [0.15, 0.2) is 24.0 Å². The maximum atomic E-state index is 9.27. The lowest BCUT2D eigenvalue weighted by Crippen LogP contribution is -1.99. The normalized spacial score (nSPS) is 14.6. The highest BCUT2D eigenvalue weighted by Gasteiger charge is 1.98. The zero-order chi connectivity index (χ0) is 9.84. The Morgan fingerprint density at radius 1 is 1.69 bits per heavy atom. The minimum absolute atomic E-state index is 0.357. The maximum Gasteiger partial charge on any atom is 0.0722 e. The highest BCUT2D eigenvalue weighted by Crippen LogP contribution is 2.09. The first-order valence-corrected chi connectivity index (χ1v) is 4.65. The Morgan fingerprint density at radius 3 is 2.85 bits per heavy atom. The lowest BCUT2D eigenvalue weighted by atomic mass is 10.1. The van der Waals surface area contributed by atoms with Crippen LogP contribution in [0.1, 0.15) is 26.3 Å². The second-order valence-corrected chi connectivity index (χ2v) is 3.34. The molecule has 0 radical (unpaired) electrons. The fourth-order valence-electron chi connectivity index (χ4n) is 1.12. The predicted molar refractivity (Wildman–Crippen MR) is 55.4 cm³/mol. The average molecular weight is 179 g/mol. The van der Waals surface area contributed by atoms with E-state index in [1.165, 1.54) is 0 Å². The second kappa shape index (κ2) is 4.28. The molecule has 1 atom stereocenters. The van der Waals surface area contributed by atoms with E-state index in [1.807, 2.05) is 19.2 Å². The Labute approximate surface area is 79.5 Å². The van der Waals surface area contributed by atoms with Crippen molar-refractivity contribution < 1.29 is 5.11 Å². The molecule has 1 aromatic heterocycles. The van der Waals surface area contributed by atoms with E-state index in [4.69, 9.17) is 0 Å². The van der Waals surface area contributed by atoms with Gasteiger partial charge in [0.05, 0.1) is 6.10 Å². The molecule has 1 N–H and O–H groups in total. The molecular weight excluding hydrogens is 162 g/mol. The van der Waals surface area contributed by atoms with Crippen molar-refractivity contribution in [1.29, 1.82) is 0 Å². The van der Waals surface area contributed by atoms with E-state index >= 15 is 0 Å². The van der Waals surface area contributed by atoms with E-state index in [2.05, 4.69) is 23.8 Å². The van der Waals surface area contributed by atoms with Crippen molar-refractivity contribution in [3.8, 4) is 0 Å². The summed E-state index contributed by atoms with van der Waals surface area (Å²) in [5, 5.41) is 9.27. The molecule has 1 aromatic rings. The van der Waals surface area contributed by atoms with E-state index < -0.39 is 0 Å². The van der Waals surface area contributed by atoms with Gasteiger partial charge in [-0.25, -0.2) is 0 Å². The van der Waals surface area contributed by atoms with Crippen LogP contribution in [0.5, 0.6) is 0 Å². The molecule has 0 bridgehead atoms. The van der Waals surface area contributed by atoms with Gasteiger partial charge in [0, 0.05) is 18.9 Å². The summed E-state index contributed by atoms with van der Waals surface area (Å²) in [5.74, 6) is 0. The predicted octanol–water partition coefficient (Wildman–Crippen LogP) is 2.29. The van der Waals surface area contributed by atoms with Gasteiger partial charge in [-0.3, -0.25) is 0 Å². The zero-order valence-electron chi connectivity index (χ0n) is 8.49. The van der Waals surface area contributed by atoms with Crippen LogP contribution in [0.2, 0.25) is 0 Å². The summed E-state index contributed by atoms with van der Waals surface area (Å²) in [4.78, 5) is 0. The lowest BCUT2D eigenvalue weighted by molar-refractivity contribution is 0.232. The molecule has 0 saturated carbocycles. The van der Waals surface area contributed by atoms with Crippen LogP contribution < -0.4 is 0 Å². The van der Waals surface area contributed by atoms with Gasteiger partial charge in [0.15, 0.2) is 0 Å². The average Bonchev–Trinajstić information content (AvgIpc) is 2.52. The monoisotopic (exact) mass is 179 g/mol. The first-order valence-electron chi connectivity index (χ1n) is 4.65. The van der Waals surface area contributed by atoms with E-state index in [0.29, 0.717) is 0 Å². The number of nitrogens with zero attached hydrogens (tertiary/aromatic N) is 1. The minimum Gasteiger partial charge on any atom is -0.389 e. The maximum absolute atomic E-state index is 9.27. The van der Waals surface area contributed by atoms with Crippen molar-refractivity contribution >= 4 is 6.08 Å². The van der Waals surface area contributed by atoms with Crippen LogP contribution in [0, 0.1) is 0 Å². The number of aliphatic hydroxyl groups excluding tert-OH is 1. The third-order valence-corrected chi connectivity index (χ3v) is 2.19. The standard InChI is InChI=1S/C11H17NO/c1-4-12-6-5-11(8-12)7-9(2)10(3)13/h5-8,10,13H,4H2,1-3H3/b9-7-. The number of hydrogen-bond donors (Lipinski definition) is 1. The van der Waals surface area contributed by atoms with Crippen LogP contribution in [-0.2, 0) is 6.54 Å². The molecule has 0 aromatic carbocycles. The topological polar surface area (TPSA) is 25.2 Å². The Kier molecular flexibility index (Phi) is 3.32. The summed E-state index contributed by atoms with van der Waals surface area (Å²) in [6.07, 6.45) is 5.77. The summed E-state index contributed by atoms with van der Waals surface area (Å²) >= 11 is 0. The third kappa shape index (κ3) is 2.74. The zero-order valence-corrected chi connectivity index (χ0v) is 8.49. The van der Waals surface area contributed by atoms with Crippen LogP contribution >= 0.6 is 0 Å². The number of aryl methyl sites for hydroxylation is 1. The first-order chi connectivity index (χ1) is 6.13. The van der Waals surface area contributed by atoms with Crippen molar-refractivity contribution in [2.45, 2.75) is 33.4 Å². The quantitative estimate of drug-likeness (QED) is 0.756. The van der Waals surface area contributed by atoms with Crippen LogP contribution in [0.4, 0.5) is 0 Å². The number of aliphatic hydroxyl groups is 1. The third-order valence-electron chi connectivity index (χ3n) is 2.19. The fourth-order valence-corrected chi connectivity index (χ4v) is 1.12. The lowest BCUT2D eigenvalue weighted by Gasteiger charge is -2.02. The molecule has 0 saturated heterocycles. The van der Waals surface area contributed by atoms with Crippen molar-refractivity contribution in [2.24, 2.45) is 0 Å². The Morgan fingerprint density at radius 2 is 2.38 bits per heavy atom. The minimum atomic E-state index is -0.357. The molecule has 72 valence electrons. The Balaban J connectivity index is 2.79. The van der Waals surface area contributed by atoms with Crippen molar-refractivity contribution in [3.05, 3.63) is 29.6 Å². The molecule has 1 rings (SSSR count). The van der Waals surface area contributed by atoms with Gasteiger partial charge in [0.1, 0.15) is 0 Å². The second-order valence-electron chi connectivity index (χ2n) is 3.34. The Bertz CT molecular complexity index is 297. The van der Waals surface area contributed by atoms with Gasteiger partial charge in [0.25, 0.3) is 0 Å². The molecule has 1 unspecified atom stereocenters. The molecule has 0 aliphatic carbocycles. The highest BCUT2D eigenvalue weighted by molar-refractivity contribution is 5.52. The van der Waals surface area contributed by atoms with Gasteiger partial charge >= 0.3 is 0 Å². The van der Waals surface area contributed by atoms with Crippen molar-refractivity contribution in [3.63, 3.8) is 0 Å². The van der Waals surface area contributed by atoms with Crippen molar-refractivity contribution in [1.82, 2.24) is 4.57 Å². The molecule has 0 fully saturated rings. The van der Waals surface area contributed by atoms with Crippen molar-refractivity contribution in [2.75, 3.05) is 0 Å². The van der Waals surface area contributed by atoms with E-state index in [1.54, 1.807) is 6.92 Å². The highest BCUT2D eigenvalue weighted by atomic mass is 16.3. The molecule has 0 aliphatic heterocycles. The van der Waals surface area contributed by atoms with E-state index in [0.717, 1.165) is 17.7 Å². The van der Waals surface area contributed by atoms with Crippen LogP contribution in [-0.4, -0.2) is 15.8 Å². The summed E-state index contributed by atoms with van der Waals surface area (Å²) < 4.78 is 2.11. The fraction of sp³-hybridized carbons (Fsp3) is 0.455. The number of rotatable bonds is 3. The van der Waals surface area contributed by atoms with Gasteiger partial charge in [-0.15, -0.1) is 0 Å². The smallest absolute Gasteiger partial charge is 0.0722 e. The van der Waals surface area contributed by atoms with Gasteiger partial charge in [-0.2, -0.15) is 0 Å². The molecule has 13 heavy (non-hydrogen) atoms. The van der Waals surface area contributed by atoms with E-state index in [9.17, 15) is 5.11 Å². The van der Waals surface area contributed by atoms with Crippen LogP contribution in [0.25, 0.3) is 6.08 Å². The van der Waals surface area contributed by atoms with Gasteiger partial charge in [-0.1, -0.05) is 6.08 Å². The summed E-state index contributed by atoms with van der Waals surface area (Å²) in [7, 11) is 0. The molecule has 2 heteroatoms.